The first-order chi connectivity index (χ1) is 8.06. The smallest absolute Gasteiger partial charge is 0.356 e. The summed E-state index contributed by atoms with van der Waals surface area (Å²) in [6.07, 6.45) is 1.65. The van der Waals surface area contributed by atoms with Gasteiger partial charge >= 0.3 is 5.97 Å². The SMILES string of the molecule is CCCc1nnc2c(C)c(C)c(C(=O)O)nn12.Cl. The van der Waals surface area contributed by atoms with E-state index in [0.717, 1.165) is 18.4 Å². The van der Waals surface area contributed by atoms with E-state index in [1.807, 2.05) is 13.8 Å². The number of halogens is 1. The number of aromatic carboxylic acids is 1. The first-order valence-corrected chi connectivity index (χ1v) is 5.51. The maximum atomic E-state index is 11.1. The second-order valence-electron chi connectivity index (χ2n) is 4.01. The molecule has 1 N–H and O–H groups in total. The quantitative estimate of drug-likeness (QED) is 0.920. The van der Waals surface area contributed by atoms with E-state index < -0.39 is 5.97 Å². The Hall–Kier alpha value is -1.69. The van der Waals surface area contributed by atoms with Gasteiger partial charge in [-0.2, -0.15) is 9.61 Å². The molecule has 2 aromatic heterocycles. The number of rotatable bonds is 3. The van der Waals surface area contributed by atoms with Crippen LogP contribution in [0.3, 0.4) is 0 Å². The summed E-state index contributed by atoms with van der Waals surface area (Å²) in [7, 11) is 0. The Labute approximate surface area is 110 Å². The Morgan fingerprint density at radius 2 is 1.94 bits per heavy atom. The van der Waals surface area contributed by atoms with E-state index in [-0.39, 0.29) is 18.1 Å². The lowest BCUT2D eigenvalue weighted by atomic mass is 10.1. The summed E-state index contributed by atoms with van der Waals surface area (Å²) < 4.78 is 1.54. The molecule has 18 heavy (non-hydrogen) atoms. The number of nitrogens with zero attached hydrogens (tertiary/aromatic N) is 4. The van der Waals surface area contributed by atoms with Crippen molar-refractivity contribution in [2.45, 2.75) is 33.6 Å². The molecule has 0 saturated carbocycles. The minimum Gasteiger partial charge on any atom is -0.476 e. The molecular weight excluding hydrogens is 256 g/mol. The van der Waals surface area contributed by atoms with Crippen LogP contribution in [0.1, 0.15) is 40.8 Å². The fourth-order valence-corrected chi connectivity index (χ4v) is 1.75. The molecule has 0 fully saturated rings. The summed E-state index contributed by atoms with van der Waals surface area (Å²) in [6, 6.07) is 0. The van der Waals surface area contributed by atoms with Crippen molar-refractivity contribution in [2.75, 3.05) is 0 Å². The number of hydrogen-bond donors (Lipinski definition) is 1. The molecule has 2 aromatic rings. The van der Waals surface area contributed by atoms with Crippen molar-refractivity contribution in [2.24, 2.45) is 0 Å². The second-order valence-corrected chi connectivity index (χ2v) is 4.01. The Morgan fingerprint density at radius 3 is 2.50 bits per heavy atom. The van der Waals surface area contributed by atoms with Crippen LogP contribution < -0.4 is 0 Å². The Bertz CT molecular complexity index is 594. The summed E-state index contributed by atoms with van der Waals surface area (Å²) in [5, 5.41) is 21.3. The van der Waals surface area contributed by atoms with Gasteiger partial charge in [0, 0.05) is 12.0 Å². The molecule has 0 aliphatic heterocycles. The lowest BCUT2D eigenvalue weighted by molar-refractivity contribution is 0.0687. The van der Waals surface area contributed by atoms with Gasteiger partial charge in [0.2, 0.25) is 0 Å². The Morgan fingerprint density at radius 1 is 1.28 bits per heavy atom. The third-order valence-electron chi connectivity index (χ3n) is 2.83. The van der Waals surface area contributed by atoms with E-state index in [0.29, 0.717) is 17.0 Å². The van der Waals surface area contributed by atoms with Crippen LogP contribution in [0.5, 0.6) is 0 Å². The molecule has 0 aliphatic carbocycles. The predicted octanol–water partition coefficient (Wildman–Crippen LogP) is 1.81. The van der Waals surface area contributed by atoms with Gasteiger partial charge in [-0.15, -0.1) is 22.6 Å². The molecule has 2 rings (SSSR count). The number of carboxylic acids is 1. The number of carboxylic acid groups (broad SMARTS) is 1. The number of carbonyl (C=O) groups is 1. The molecule has 0 amide bonds. The van der Waals surface area contributed by atoms with Crippen LogP contribution in [0.2, 0.25) is 0 Å². The number of hydrogen-bond acceptors (Lipinski definition) is 4. The van der Waals surface area contributed by atoms with Gasteiger partial charge in [0.25, 0.3) is 0 Å². The summed E-state index contributed by atoms with van der Waals surface area (Å²) in [4.78, 5) is 11.1. The van der Waals surface area contributed by atoms with Crippen molar-refractivity contribution in [3.05, 3.63) is 22.6 Å². The van der Waals surface area contributed by atoms with Crippen molar-refractivity contribution < 1.29 is 9.90 Å². The van der Waals surface area contributed by atoms with Crippen LogP contribution in [0.4, 0.5) is 0 Å². The minimum atomic E-state index is -1.02. The molecule has 0 unspecified atom stereocenters. The van der Waals surface area contributed by atoms with Crippen LogP contribution >= 0.6 is 12.4 Å². The van der Waals surface area contributed by atoms with Crippen molar-refractivity contribution in [1.82, 2.24) is 19.8 Å². The third-order valence-corrected chi connectivity index (χ3v) is 2.83. The number of aryl methyl sites for hydroxylation is 2. The van der Waals surface area contributed by atoms with Crippen molar-refractivity contribution in [3.8, 4) is 0 Å². The maximum Gasteiger partial charge on any atom is 0.356 e. The van der Waals surface area contributed by atoms with Crippen LogP contribution in [-0.4, -0.2) is 30.9 Å². The molecule has 0 bridgehead atoms. The lowest BCUT2D eigenvalue weighted by Crippen LogP contribution is -2.11. The third kappa shape index (κ3) is 2.15. The van der Waals surface area contributed by atoms with Gasteiger partial charge in [0.1, 0.15) is 0 Å². The van der Waals surface area contributed by atoms with E-state index in [9.17, 15) is 4.79 Å². The molecule has 0 aliphatic rings. The first kappa shape index (κ1) is 14.4. The van der Waals surface area contributed by atoms with E-state index in [1.165, 1.54) is 4.52 Å². The first-order valence-electron chi connectivity index (χ1n) is 5.51. The molecule has 0 radical (unpaired) electrons. The van der Waals surface area contributed by atoms with Gasteiger partial charge in [0.05, 0.1) is 0 Å². The molecule has 98 valence electrons. The van der Waals surface area contributed by atoms with Gasteiger partial charge in [-0.1, -0.05) is 6.92 Å². The van der Waals surface area contributed by atoms with Gasteiger partial charge in [-0.25, -0.2) is 4.79 Å². The summed E-state index contributed by atoms with van der Waals surface area (Å²) in [6.45, 7) is 5.60. The molecular formula is C11H15ClN4O2. The summed E-state index contributed by atoms with van der Waals surface area (Å²) in [5.74, 6) is -0.322. The Balaban J connectivity index is 0.00000162. The average molecular weight is 271 g/mol. The molecule has 0 saturated heterocycles. The van der Waals surface area contributed by atoms with Crippen LogP contribution in [-0.2, 0) is 6.42 Å². The van der Waals surface area contributed by atoms with Crippen molar-refractivity contribution >= 4 is 24.0 Å². The highest BCUT2D eigenvalue weighted by Gasteiger charge is 2.17. The lowest BCUT2D eigenvalue weighted by Gasteiger charge is -2.06. The van der Waals surface area contributed by atoms with E-state index in [4.69, 9.17) is 5.11 Å². The number of aromatic nitrogens is 4. The van der Waals surface area contributed by atoms with Crippen LogP contribution in [0.15, 0.2) is 0 Å². The summed E-state index contributed by atoms with van der Waals surface area (Å²) in [5.41, 5.74) is 2.15. The predicted molar refractivity (Wildman–Crippen MR) is 68.5 cm³/mol. The second kappa shape index (κ2) is 5.30. The van der Waals surface area contributed by atoms with Gasteiger partial charge in [-0.05, 0) is 25.8 Å². The Kier molecular flexibility index (Phi) is 4.24. The normalized spacial score (nSPS) is 10.4. The van der Waals surface area contributed by atoms with Gasteiger partial charge in [0.15, 0.2) is 17.2 Å². The molecule has 0 spiro atoms. The topological polar surface area (TPSA) is 80.4 Å². The van der Waals surface area contributed by atoms with Crippen LogP contribution in [0.25, 0.3) is 5.65 Å². The zero-order chi connectivity index (χ0) is 12.6. The maximum absolute atomic E-state index is 11.1. The highest BCUT2D eigenvalue weighted by atomic mass is 35.5. The number of fused-ring (bicyclic) bond motifs is 1. The minimum absolute atomic E-state index is 0. The zero-order valence-electron chi connectivity index (χ0n) is 10.5. The van der Waals surface area contributed by atoms with Crippen LogP contribution in [0, 0.1) is 13.8 Å². The molecule has 7 heteroatoms. The zero-order valence-corrected chi connectivity index (χ0v) is 11.3. The highest BCUT2D eigenvalue weighted by Crippen LogP contribution is 2.16. The van der Waals surface area contributed by atoms with Crippen molar-refractivity contribution in [1.29, 1.82) is 0 Å². The van der Waals surface area contributed by atoms with E-state index >= 15 is 0 Å². The van der Waals surface area contributed by atoms with Gasteiger partial charge < -0.3 is 5.11 Å². The largest absolute Gasteiger partial charge is 0.476 e. The molecule has 0 aromatic carbocycles. The average Bonchev–Trinajstić information content (AvgIpc) is 2.67. The standard InChI is InChI=1S/C11H14N4O2.ClH/c1-4-5-8-12-13-10-7(3)6(2)9(11(16)17)14-15(8)10;/h4-5H2,1-3H3,(H,16,17);1H. The van der Waals surface area contributed by atoms with Gasteiger partial charge in [-0.3, -0.25) is 0 Å². The van der Waals surface area contributed by atoms with Crippen molar-refractivity contribution in [3.63, 3.8) is 0 Å². The van der Waals surface area contributed by atoms with E-state index in [2.05, 4.69) is 15.3 Å². The molecule has 0 atom stereocenters. The molecule has 6 nitrogen and oxygen atoms in total. The summed E-state index contributed by atoms with van der Waals surface area (Å²) >= 11 is 0. The fraction of sp³-hybridized carbons (Fsp3) is 0.455. The highest BCUT2D eigenvalue weighted by molar-refractivity contribution is 5.87. The van der Waals surface area contributed by atoms with E-state index in [1.54, 1.807) is 6.92 Å². The fourth-order valence-electron chi connectivity index (χ4n) is 1.75. The monoisotopic (exact) mass is 270 g/mol. The molecule has 2 heterocycles.